The van der Waals surface area contributed by atoms with Gasteiger partial charge in [-0.25, -0.2) is 14.6 Å². The molecule has 0 bridgehead atoms. The Morgan fingerprint density at radius 2 is 1.84 bits per heavy atom. The van der Waals surface area contributed by atoms with Crippen LogP contribution < -0.4 is 4.90 Å². The van der Waals surface area contributed by atoms with Crippen molar-refractivity contribution in [1.82, 2.24) is 24.1 Å². The van der Waals surface area contributed by atoms with Gasteiger partial charge in [0.1, 0.15) is 11.5 Å². The minimum atomic E-state index is -4.28. The minimum Gasteiger partial charge on any atom is -0.357 e. The molecule has 0 unspecified atom stereocenters. The number of aromatic nitrogens is 5. The van der Waals surface area contributed by atoms with Gasteiger partial charge < -0.3 is 9.30 Å². The lowest BCUT2D eigenvalue weighted by Crippen LogP contribution is -2.18. The molecule has 4 aromatic rings. The first-order valence-electron chi connectivity index (χ1n) is 10.7. The number of alkyl halides is 3. The van der Waals surface area contributed by atoms with Gasteiger partial charge in [-0.2, -0.15) is 13.2 Å². The smallest absolute Gasteiger partial charge is 0.357 e. The third kappa shape index (κ3) is 4.06. The second-order valence-electron chi connectivity index (χ2n) is 8.14. The summed E-state index contributed by atoms with van der Waals surface area (Å²) in [5.41, 5.74) is 3.32. The number of nitrogens with zero attached hydrogens (tertiary/aromatic N) is 6. The average molecular weight is 440 g/mol. The number of hydrogen-bond donors (Lipinski definition) is 0. The molecule has 5 rings (SSSR count). The van der Waals surface area contributed by atoms with Gasteiger partial charge in [0, 0.05) is 36.6 Å². The van der Waals surface area contributed by atoms with Crippen LogP contribution in [0.1, 0.15) is 24.8 Å². The second kappa shape index (κ2) is 7.96. The molecule has 0 aliphatic carbocycles. The van der Waals surface area contributed by atoms with Crippen LogP contribution in [0.2, 0.25) is 0 Å². The average Bonchev–Trinajstić information content (AvgIpc) is 3.51. The van der Waals surface area contributed by atoms with Crippen molar-refractivity contribution < 1.29 is 13.2 Å². The van der Waals surface area contributed by atoms with E-state index in [2.05, 4.69) is 15.0 Å². The zero-order chi connectivity index (χ0) is 22.3. The third-order valence-corrected chi connectivity index (χ3v) is 5.78. The van der Waals surface area contributed by atoms with Crippen LogP contribution in [0.3, 0.4) is 0 Å². The van der Waals surface area contributed by atoms with Gasteiger partial charge in [-0.15, -0.1) is 5.10 Å². The molecule has 1 aliphatic rings. The van der Waals surface area contributed by atoms with Gasteiger partial charge in [0.05, 0.1) is 13.0 Å². The van der Waals surface area contributed by atoms with E-state index in [1.54, 1.807) is 6.07 Å². The van der Waals surface area contributed by atoms with Crippen LogP contribution >= 0.6 is 0 Å². The highest BCUT2D eigenvalue weighted by Crippen LogP contribution is 2.28. The van der Waals surface area contributed by atoms with E-state index in [9.17, 15) is 13.2 Å². The lowest BCUT2D eigenvalue weighted by molar-refractivity contribution is -0.137. The van der Waals surface area contributed by atoms with Crippen molar-refractivity contribution in [2.24, 2.45) is 0 Å². The van der Waals surface area contributed by atoms with Gasteiger partial charge in [0.25, 0.3) is 0 Å². The fourth-order valence-corrected chi connectivity index (χ4v) is 4.13. The lowest BCUT2D eigenvalue weighted by Gasteiger charge is -2.16. The van der Waals surface area contributed by atoms with Crippen LogP contribution in [0.25, 0.3) is 28.4 Å². The summed E-state index contributed by atoms with van der Waals surface area (Å²) in [6.07, 6.45) is 0.776. The summed E-state index contributed by atoms with van der Waals surface area (Å²) in [6, 6.07) is 11.5. The normalized spacial score (nSPS) is 14.6. The van der Waals surface area contributed by atoms with Crippen LogP contribution in [0.15, 0.2) is 48.8 Å². The van der Waals surface area contributed by atoms with E-state index >= 15 is 0 Å². The molecule has 9 heteroatoms. The van der Waals surface area contributed by atoms with Gasteiger partial charge in [0.2, 0.25) is 0 Å². The van der Waals surface area contributed by atoms with Crippen LogP contribution in [0.5, 0.6) is 0 Å². The van der Waals surface area contributed by atoms with Crippen molar-refractivity contribution in [2.75, 3.05) is 18.0 Å². The molecule has 1 aliphatic heterocycles. The highest BCUT2D eigenvalue weighted by Gasteiger charge is 2.28. The molecule has 0 N–H and O–H groups in total. The standard InChI is InChI=1S/C23H23F3N6/c1-16-6-5-12-31-15-17(14-19(16)31)22-28-21(29-32(22)13-9-23(24,25)26)18-7-4-8-20(27-18)30-10-2-3-11-30/h4-8,12,14-15H,2-3,9-11,13H2,1H3. The third-order valence-electron chi connectivity index (χ3n) is 5.78. The molecule has 0 amide bonds. The minimum absolute atomic E-state index is 0.303. The van der Waals surface area contributed by atoms with Gasteiger partial charge in [-0.05, 0) is 49.6 Å². The number of fused-ring (bicyclic) bond motifs is 1. The topological polar surface area (TPSA) is 51.2 Å². The van der Waals surface area contributed by atoms with Crippen molar-refractivity contribution in [3.8, 4) is 22.9 Å². The summed E-state index contributed by atoms with van der Waals surface area (Å²) in [7, 11) is 0. The summed E-state index contributed by atoms with van der Waals surface area (Å²) in [4.78, 5) is 11.5. The quantitative estimate of drug-likeness (QED) is 0.432. The van der Waals surface area contributed by atoms with Crippen molar-refractivity contribution >= 4 is 11.3 Å². The van der Waals surface area contributed by atoms with Crippen LogP contribution in [-0.4, -0.2) is 43.4 Å². The predicted octanol–water partition coefficient (Wildman–Crippen LogP) is 5.12. The Balaban J connectivity index is 1.56. The van der Waals surface area contributed by atoms with E-state index in [4.69, 9.17) is 4.98 Å². The lowest BCUT2D eigenvalue weighted by atomic mass is 10.2. The van der Waals surface area contributed by atoms with E-state index in [-0.39, 0.29) is 6.54 Å². The maximum absolute atomic E-state index is 13.0. The first-order valence-corrected chi connectivity index (χ1v) is 10.7. The maximum atomic E-state index is 13.0. The van der Waals surface area contributed by atoms with Gasteiger partial charge in [-0.1, -0.05) is 12.1 Å². The molecule has 5 heterocycles. The Morgan fingerprint density at radius 1 is 1.03 bits per heavy atom. The van der Waals surface area contributed by atoms with E-state index in [1.165, 1.54) is 4.68 Å². The fourth-order valence-electron chi connectivity index (χ4n) is 4.13. The zero-order valence-corrected chi connectivity index (χ0v) is 17.7. The van der Waals surface area contributed by atoms with Crippen molar-refractivity contribution in [3.05, 3.63) is 54.4 Å². The molecule has 0 radical (unpaired) electrons. The summed E-state index contributed by atoms with van der Waals surface area (Å²) >= 11 is 0. The van der Waals surface area contributed by atoms with Crippen LogP contribution in [0.4, 0.5) is 19.0 Å². The Kier molecular flexibility index (Phi) is 5.11. The first kappa shape index (κ1) is 20.5. The molecular formula is C23H23F3N6. The molecule has 1 saturated heterocycles. The van der Waals surface area contributed by atoms with Gasteiger partial charge >= 0.3 is 6.18 Å². The van der Waals surface area contributed by atoms with Crippen molar-refractivity contribution in [3.63, 3.8) is 0 Å². The highest BCUT2D eigenvalue weighted by atomic mass is 19.4. The van der Waals surface area contributed by atoms with Gasteiger partial charge in [-0.3, -0.25) is 0 Å². The molecule has 1 fully saturated rings. The SMILES string of the molecule is Cc1cccn2cc(-c3nc(-c4cccc(N5CCCC5)n4)nn3CCC(F)(F)F)cc12. The molecule has 6 nitrogen and oxygen atoms in total. The van der Waals surface area contributed by atoms with Crippen molar-refractivity contribution in [1.29, 1.82) is 0 Å². The molecule has 0 saturated carbocycles. The Morgan fingerprint density at radius 3 is 2.59 bits per heavy atom. The van der Waals surface area contributed by atoms with Crippen LogP contribution in [-0.2, 0) is 6.54 Å². The molecule has 0 atom stereocenters. The maximum Gasteiger partial charge on any atom is 0.390 e. The number of pyridine rings is 2. The molecule has 166 valence electrons. The number of anilines is 1. The van der Waals surface area contributed by atoms with E-state index in [1.807, 2.05) is 54.0 Å². The fraction of sp³-hybridized carbons (Fsp3) is 0.348. The van der Waals surface area contributed by atoms with E-state index < -0.39 is 12.6 Å². The molecular weight excluding hydrogens is 417 g/mol. The zero-order valence-electron chi connectivity index (χ0n) is 17.7. The second-order valence-corrected chi connectivity index (χ2v) is 8.14. The number of rotatable bonds is 5. The first-order chi connectivity index (χ1) is 15.4. The molecule has 32 heavy (non-hydrogen) atoms. The summed E-state index contributed by atoms with van der Waals surface area (Å²) in [5.74, 6) is 1.58. The predicted molar refractivity (Wildman–Crippen MR) is 117 cm³/mol. The van der Waals surface area contributed by atoms with E-state index in [0.717, 1.165) is 48.4 Å². The van der Waals surface area contributed by atoms with Gasteiger partial charge in [0.15, 0.2) is 11.6 Å². The molecule has 4 aromatic heterocycles. The Labute approximate surface area is 183 Å². The number of halogens is 3. The number of hydrogen-bond acceptors (Lipinski definition) is 4. The summed E-state index contributed by atoms with van der Waals surface area (Å²) in [5, 5.41) is 4.44. The summed E-state index contributed by atoms with van der Waals surface area (Å²) in [6.45, 7) is 3.59. The molecule has 0 spiro atoms. The highest BCUT2D eigenvalue weighted by molar-refractivity contribution is 5.69. The largest absolute Gasteiger partial charge is 0.390 e. The molecule has 0 aromatic carbocycles. The monoisotopic (exact) mass is 440 g/mol. The van der Waals surface area contributed by atoms with E-state index in [0.29, 0.717) is 17.3 Å². The van der Waals surface area contributed by atoms with Crippen molar-refractivity contribution in [2.45, 2.75) is 38.9 Å². The number of aryl methyl sites for hydroxylation is 2. The summed E-state index contributed by atoms with van der Waals surface area (Å²) < 4.78 is 42.2. The van der Waals surface area contributed by atoms with Crippen LogP contribution in [0, 0.1) is 6.92 Å². The Hall–Kier alpha value is -3.36. The Bertz CT molecular complexity index is 1250.